The minimum atomic E-state index is -0.680. The van der Waals surface area contributed by atoms with Gasteiger partial charge in [-0.1, -0.05) is 29.8 Å². The van der Waals surface area contributed by atoms with E-state index in [4.69, 9.17) is 14.2 Å². The van der Waals surface area contributed by atoms with E-state index in [-0.39, 0.29) is 18.1 Å². The summed E-state index contributed by atoms with van der Waals surface area (Å²) in [6.45, 7) is 1.97. The molecular weight excluding hydrogens is 437 g/mol. The van der Waals surface area contributed by atoms with Crippen molar-refractivity contribution in [3.05, 3.63) is 83.7 Å². The third-order valence-electron chi connectivity index (χ3n) is 5.98. The van der Waals surface area contributed by atoms with Gasteiger partial charge in [0.15, 0.2) is 11.5 Å². The molecule has 1 fully saturated rings. The smallest absolute Gasteiger partial charge is 0.316 e. The molecule has 0 aromatic heterocycles. The van der Waals surface area contributed by atoms with E-state index in [1.807, 2.05) is 37.3 Å². The van der Waals surface area contributed by atoms with Gasteiger partial charge >= 0.3 is 5.97 Å². The maximum Gasteiger partial charge on any atom is 0.316 e. The zero-order valence-corrected chi connectivity index (χ0v) is 19.3. The number of ether oxygens (including phenoxy) is 3. The van der Waals surface area contributed by atoms with Crippen LogP contribution in [0.5, 0.6) is 17.2 Å². The molecule has 0 spiro atoms. The fourth-order valence-corrected chi connectivity index (χ4v) is 4.29. The number of hydrogen-bond donors (Lipinski definition) is 0. The van der Waals surface area contributed by atoms with Crippen molar-refractivity contribution >= 4 is 17.6 Å². The minimum Gasteiger partial charge on any atom is -0.493 e. The van der Waals surface area contributed by atoms with Crippen molar-refractivity contribution in [3.63, 3.8) is 0 Å². The molecule has 7 heteroatoms. The van der Waals surface area contributed by atoms with Crippen molar-refractivity contribution in [2.75, 3.05) is 19.1 Å². The topological polar surface area (TPSA) is 65.1 Å². The number of anilines is 1. The van der Waals surface area contributed by atoms with Crippen molar-refractivity contribution in [3.8, 4) is 17.2 Å². The number of aryl methyl sites for hydroxylation is 1. The van der Waals surface area contributed by atoms with Gasteiger partial charge in [-0.3, -0.25) is 9.59 Å². The van der Waals surface area contributed by atoms with Crippen LogP contribution in [0.2, 0.25) is 0 Å². The molecule has 0 saturated carbocycles. The third-order valence-corrected chi connectivity index (χ3v) is 5.98. The van der Waals surface area contributed by atoms with Gasteiger partial charge in [-0.15, -0.1) is 0 Å². The minimum absolute atomic E-state index is 0.0987. The second-order valence-electron chi connectivity index (χ2n) is 8.18. The van der Waals surface area contributed by atoms with Gasteiger partial charge in [0.2, 0.25) is 5.91 Å². The lowest BCUT2D eigenvalue weighted by Crippen LogP contribution is -2.46. The van der Waals surface area contributed by atoms with E-state index in [9.17, 15) is 14.0 Å². The number of rotatable bonds is 6. The Morgan fingerprint density at radius 1 is 0.971 bits per heavy atom. The van der Waals surface area contributed by atoms with Gasteiger partial charge in [-0.05, 0) is 55.3 Å². The first-order valence-electron chi connectivity index (χ1n) is 11.0. The zero-order chi connectivity index (χ0) is 24.2. The first-order valence-corrected chi connectivity index (χ1v) is 11.0. The number of nitrogens with zero attached hydrogens (tertiary/aromatic N) is 1. The lowest BCUT2D eigenvalue weighted by molar-refractivity contribution is -0.141. The van der Waals surface area contributed by atoms with Gasteiger partial charge in [0.1, 0.15) is 11.6 Å². The number of carbonyl (C=O) groups is 2. The summed E-state index contributed by atoms with van der Waals surface area (Å²) in [4.78, 5) is 28.2. The van der Waals surface area contributed by atoms with E-state index in [1.165, 1.54) is 25.3 Å². The van der Waals surface area contributed by atoms with Crippen LogP contribution >= 0.6 is 0 Å². The Hall–Kier alpha value is -3.87. The molecule has 6 nitrogen and oxygen atoms in total. The molecule has 34 heavy (non-hydrogen) atoms. The summed E-state index contributed by atoms with van der Waals surface area (Å²) < 4.78 is 30.0. The van der Waals surface area contributed by atoms with Crippen LogP contribution < -0.4 is 19.1 Å². The Kier molecular flexibility index (Phi) is 6.82. The number of halogens is 1. The molecule has 3 aromatic carbocycles. The molecule has 0 N–H and O–H groups in total. The SMILES string of the molecule is COc1ccc(C2C(C(=O)Oc3cccc(F)c3)CCC(=O)N2c2ccc(C)cc2)cc1OC. The van der Waals surface area contributed by atoms with E-state index in [1.54, 1.807) is 24.1 Å². The van der Waals surface area contributed by atoms with Crippen molar-refractivity contribution in [1.29, 1.82) is 0 Å². The second-order valence-corrected chi connectivity index (χ2v) is 8.18. The number of benzene rings is 3. The monoisotopic (exact) mass is 463 g/mol. The number of piperidine rings is 1. The summed E-state index contributed by atoms with van der Waals surface area (Å²) in [5, 5.41) is 0. The van der Waals surface area contributed by atoms with E-state index in [0.717, 1.165) is 11.6 Å². The third kappa shape index (κ3) is 4.73. The molecule has 1 heterocycles. The maximum absolute atomic E-state index is 13.7. The molecule has 3 aromatic rings. The molecule has 1 aliphatic rings. The van der Waals surface area contributed by atoms with Crippen molar-refractivity contribution in [2.24, 2.45) is 5.92 Å². The fourth-order valence-electron chi connectivity index (χ4n) is 4.29. The summed E-state index contributed by atoms with van der Waals surface area (Å²) >= 11 is 0. The van der Waals surface area contributed by atoms with E-state index in [2.05, 4.69) is 0 Å². The molecule has 1 aliphatic heterocycles. The fraction of sp³-hybridized carbons (Fsp3) is 0.259. The van der Waals surface area contributed by atoms with Gasteiger partial charge in [0, 0.05) is 18.2 Å². The Balaban J connectivity index is 1.78. The standard InChI is InChI=1S/C27H26FNO5/c1-17-7-10-20(11-8-17)29-25(30)14-12-22(27(31)34-21-6-4-5-19(28)16-21)26(29)18-9-13-23(32-2)24(15-18)33-3/h4-11,13,15-16,22,26H,12,14H2,1-3H3. The molecule has 1 saturated heterocycles. The lowest BCUT2D eigenvalue weighted by Gasteiger charge is -2.40. The maximum atomic E-state index is 13.7. The van der Waals surface area contributed by atoms with E-state index < -0.39 is 23.7 Å². The Morgan fingerprint density at radius 2 is 1.71 bits per heavy atom. The van der Waals surface area contributed by atoms with Crippen LogP contribution in [-0.4, -0.2) is 26.1 Å². The highest BCUT2D eigenvalue weighted by atomic mass is 19.1. The summed E-state index contributed by atoms with van der Waals surface area (Å²) in [6, 6.07) is 17.7. The Bertz CT molecular complexity index is 1190. The second kappa shape index (κ2) is 9.95. The molecule has 0 aliphatic carbocycles. The van der Waals surface area contributed by atoms with Crippen LogP contribution in [0.15, 0.2) is 66.7 Å². The predicted octanol–water partition coefficient (Wildman–Crippen LogP) is 5.24. The van der Waals surface area contributed by atoms with E-state index >= 15 is 0 Å². The summed E-state index contributed by atoms with van der Waals surface area (Å²) in [5.41, 5.74) is 2.43. The highest BCUT2D eigenvalue weighted by molar-refractivity contribution is 5.97. The van der Waals surface area contributed by atoms with Crippen LogP contribution in [-0.2, 0) is 9.59 Å². The van der Waals surface area contributed by atoms with Gasteiger partial charge in [-0.25, -0.2) is 4.39 Å². The van der Waals surface area contributed by atoms with E-state index in [0.29, 0.717) is 29.2 Å². The summed E-state index contributed by atoms with van der Waals surface area (Å²) in [7, 11) is 3.07. The molecule has 4 rings (SSSR count). The van der Waals surface area contributed by atoms with Gasteiger partial charge in [-0.2, -0.15) is 0 Å². The van der Waals surface area contributed by atoms with Gasteiger partial charge in [0.25, 0.3) is 0 Å². The zero-order valence-electron chi connectivity index (χ0n) is 19.3. The number of hydrogen-bond acceptors (Lipinski definition) is 5. The summed E-state index contributed by atoms with van der Waals surface area (Å²) in [5.74, 6) is -0.668. The molecule has 176 valence electrons. The molecule has 1 amide bonds. The molecule has 0 radical (unpaired) electrons. The predicted molar refractivity (Wildman–Crippen MR) is 126 cm³/mol. The summed E-state index contributed by atoms with van der Waals surface area (Å²) in [6.07, 6.45) is 0.481. The average molecular weight is 464 g/mol. The number of carbonyl (C=O) groups excluding carboxylic acids is 2. The van der Waals surface area contributed by atoms with Crippen LogP contribution in [0.3, 0.4) is 0 Å². The molecular formula is C27H26FNO5. The van der Waals surface area contributed by atoms with Gasteiger partial charge in [0.05, 0.1) is 26.2 Å². The average Bonchev–Trinajstić information content (AvgIpc) is 2.84. The van der Waals surface area contributed by atoms with Gasteiger partial charge < -0.3 is 19.1 Å². The highest BCUT2D eigenvalue weighted by Gasteiger charge is 2.42. The largest absolute Gasteiger partial charge is 0.493 e. The normalized spacial score (nSPS) is 17.9. The quantitative estimate of drug-likeness (QED) is 0.369. The number of amides is 1. The lowest BCUT2D eigenvalue weighted by atomic mass is 9.83. The Morgan fingerprint density at radius 3 is 2.38 bits per heavy atom. The number of esters is 1. The molecule has 0 bridgehead atoms. The highest BCUT2D eigenvalue weighted by Crippen LogP contribution is 2.43. The van der Waals surface area contributed by atoms with Crippen LogP contribution in [0.25, 0.3) is 0 Å². The molecule has 2 unspecified atom stereocenters. The first kappa shape index (κ1) is 23.3. The molecule has 2 atom stereocenters. The van der Waals surface area contributed by atoms with Crippen LogP contribution in [0.1, 0.15) is 30.0 Å². The van der Waals surface area contributed by atoms with Crippen LogP contribution in [0, 0.1) is 18.7 Å². The first-order chi connectivity index (χ1) is 16.4. The van der Waals surface area contributed by atoms with Crippen LogP contribution in [0.4, 0.5) is 10.1 Å². The van der Waals surface area contributed by atoms with Crippen molar-refractivity contribution in [1.82, 2.24) is 0 Å². The van der Waals surface area contributed by atoms with Crippen molar-refractivity contribution in [2.45, 2.75) is 25.8 Å². The Labute approximate surface area is 197 Å². The van der Waals surface area contributed by atoms with Crippen molar-refractivity contribution < 1.29 is 28.2 Å². The number of methoxy groups -OCH3 is 2.